The molecule has 0 fully saturated rings. The van der Waals surface area contributed by atoms with Gasteiger partial charge in [-0.05, 0) is 192 Å². The molecule has 0 amide bonds. The van der Waals surface area contributed by atoms with Gasteiger partial charge in [0.1, 0.15) is 0 Å². The van der Waals surface area contributed by atoms with Gasteiger partial charge in [0, 0.05) is 33.3 Å². The van der Waals surface area contributed by atoms with Gasteiger partial charge in [0.05, 0.1) is 5.00 Å². The first kappa shape index (κ1) is 42.9. The molecule has 2 aliphatic heterocycles. The lowest BCUT2D eigenvalue weighted by Gasteiger charge is -2.48. The van der Waals surface area contributed by atoms with Gasteiger partial charge < -0.3 is 9.80 Å². The highest BCUT2D eigenvalue weighted by molar-refractivity contribution is 7.20. The summed E-state index contributed by atoms with van der Waals surface area (Å²) in [5.41, 5.74) is 23.0. The highest BCUT2D eigenvalue weighted by Gasteiger charge is 2.53. The fourth-order valence-electron chi connectivity index (χ4n) is 13.8. The Morgan fingerprint density at radius 3 is 1.31 bits per heavy atom. The van der Waals surface area contributed by atoms with Crippen LogP contribution >= 0.6 is 11.3 Å². The van der Waals surface area contributed by atoms with Gasteiger partial charge in [0.15, 0.2) is 0 Å². The topological polar surface area (TPSA) is 6.48 Å². The molecule has 64 heavy (non-hydrogen) atoms. The molecule has 0 unspecified atom stereocenters. The summed E-state index contributed by atoms with van der Waals surface area (Å²) in [6.45, 7) is 40.2. The standard InChI is InChI=1S/C60H75BN2S/c1-53(2)24-26-55(5,6)40-32-36(20-22-38(40)53)62-45-18-17-19-46-49(45)61(44-34-42-43(35-47(44)62)58(11,12)29-28-57(42,9)10)50-48-51(60(15,16)31-30-59(48,13)14)64-52(50)63(46)37-21-23-39-41(33-37)56(7,8)27-25-54(39,3)4/h17-23,32-35H,24-31H2,1-16H3. The maximum absolute atomic E-state index is 2.75. The van der Waals surface area contributed by atoms with Crippen LogP contribution in [0.15, 0.2) is 66.7 Å². The second kappa shape index (κ2) is 13.0. The minimum atomic E-state index is 0.0541. The Kier molecular flexibility index (Phi) is 8.72. The van der Waals surface area contributed by atoms with Crippen molar-refractivity contribution in [1.82, 2.24) is 0 Å². The largest absolute Gasteiger partial charge is 0.311 e. The minimum absolute atomic E-state index is 0.0541. The summed E-state index contributed by atoms with van der Waals surface area (Å²) in [4.78, 5) is 7.09. The van der Waals surface area contributed by atoms with Gasteiger partial charge >= 0.3 is 0 Å². The summed E-state index contributed by atoms with van der Waals surface area (Å²) in [6.07, 6.45) is 9.67. The van der Waals surface area contributed by atoms with E-state index in [4.69, 9.17) is 0 Å². The van der Waals surface area contributed by atoms with Gasteiger partial charge in [-0.15, -0.1) is 11.3 Å². The zero-order valence-corrected chi connectivity index (χ0v) is 43.2. The van der Waals surface area contributed by atoms with E-state index in [1.165, 1.54) is 124 Å². The molecule has 0 saturated heterocycles. The van der Waals surface area contributed by atoms with Crippen LogP contribution in [-0.2, 0) is 43.3 Å². The Balaban J connectivity index is 1.26. The maximum Gasteiger partial charge on any atom is 0.253 e. The van der Waals surface area contributed by atoms with Crippen molar-refractivity contribution in [3.05, 3.63) is 111 Å². The smallest absolute Gasteiger partial charge is 0.253 e. The molecule has 11 rings (SSSR count). The molecule has 0 N–H and O–H groups in total. The Morgan fingerprint density at radius 2 is 0.797 bits per heavy atom. The molecule has 3 heterocycles. The molecule has 0 spiro atoms. The van der Waals surface area contributed by atoms with Gasteiger partial charge in [0.25, 0.3) is 6.71 Å². The molecule has 334 valence electrons. The van der Waals surface area contributed by atoms with E-state index >= 15 is 0 Å². The van der Waals surface area contributed by atoms with E-state index < -0.39 is 0 Å². The molecule has 4 heteroatoms. The van der Waals surface area contributed by atoms with Crippen molar-refractivity contribution < 1.29 is 0 Å². The normalized spacial score (nSPS) is 23.7. The maximum atomic E-state index is 2.75. The first-order valence-electron chi connectivity index (χ1n) is 25.1. The van der Waals surface area contributed by atoms with Gasteiger partial charge in [-0.1, -0.05) is 135 Å². The van der Waals surface area contributed by atoms with Crippen molar-refractivity contribution in [2.45, 2.75) is 205 Å². The zero-order valence-electron chi connectivity index (χ0n) is 42.4. The number of hydrogen-bond donors (Lipinski definition) is 0. The number of thiophene rings is 1. The lowest BCUT2D eigenvalue weighted by Crippen LogP contribution is -2.63. The minimum Gasteiger partial charge on any atom is -0.311 e. The quantitative estimate of drug-likeness (QED) is 0.160. The molecule has 0 bridgehead atoms. The molecule has 0 radical (unpaired) electrons. The summed E-state index contributed by atoms with van der Waals surface area (Å²) in [6, 6.07) is 28.0. The van der Waals surface area contributed by atoms with Crippen LogP contribution in [0.2, 0.25) is 0 Å². The monoisotopic (exact) mass is 867 g/mol. The van der Waals surface area contributed by atoms with Crippen LogP contribution in [-0.4, -0.2) is 6.71 Å². The highest BCUT2D eigenvalue weighted by Crippen LogP contribution is 2.57. The summed E-state index contributed by atoms with van der Waals surface area (Å²) in [5, 5.41) is 1.45. The lowest BCUT2D eigenvalue weighted by molar-refractivity contribution is 0.332. The SMILES string of the molecule is CC1(C)CCC(C)(C)c2cc(N3c4cc5c(cc4B4c6c3cccc6N(c3ccc6c(c3)C(C)(C)CCC6(C)C)c3sc6c(c34)C(C)(C)CCC6(C)C)C(C)(C)CCC5(C)C)ccc21. The Hall–Kier alpha value is -3.76. The molecule has 0 saturated carbocycles. The Bertz CT molecular complexity index is 2820. The van der Waals surface area contributed by atoms with E-state index in [0.717, 1.165) is 0 Å². The summed E-state index contributed by atoms with van der Waals surface area (Å²) in [7, 11) is 0. The summed E-state index contributed by atoms with van der Waals surface area (Å²) >= 11 is 2.13. The van der Waals surface area contributed by atoms with Crippen LogP contribution in [0.1, 0.15) is 206 Å². The fraction of sp³-hybridized carbons (Fsp3) is 0.533. The molecular formula is C60H75BN2S. The van der Waals surface area contributed by atoms with Crippen molar-refractivity contribution in [3.8, 4) is 0 Å². The van der Waals surface area contributed by atoms with E-state index in [-0.39, 0.29) is 50.0 Å². The van der Waals surface area contributed by atoms with Crippen molar-refractivity contribution in [2.24, 2.45) is 0 Å². The fourth-order valence-corrected chi connectivity index (χ4v) is 15.5. The van der Waals surface area contributed by atoms with Crippen molar-refractivity contribution >= 4 is 67.9 Å². The molecule has 6 aliphatic rings. The molecule has 4 aliphatic carbocycles. The third-order valence-electron chi connectivity index (χ3n) is 18.7. The van der Waals surface area contributed by atoms with E-state index in [0.29, 0.717) is 0 Å². The Morgan fingerprint density at radius 1 is 0.391 bits per heavy atom. The molecular weight excluding hydrogens is 792 g/mol. The summed E-state index contributed by atoms with van der Waals surface area (Å²) < 4.78 is 0. The number of rotatable bonds is 2. The number of benzene rings is 4. The first-order chi connectivity index (χ1) is 29.7. The van der Waals surface area contributed by atoms with Gasteiger partial charge in [-0.3, -0.25) is 0 Å². The van der Waals surface area contributed by atoms with Crippen LogP contribution in [0.4, 0.5) is 33.4 Å². The number of hydrogen-bond acceptors (Lipinski definition) is 3. The Labute approximate surface area is 391 Å². The van der Waals surface area contributed by atoms with Crippen molar-refractivity contribution in [3.63, 3.8) is 0 Å². The summed E-state index contributed by atoms with van der Waals surface area (Å²) in [5.74, 6) is 0. The van der Waals surface area contributed by atoms with Crippen LogP contribution in [0.25, 0.3) is 0 Å². The van der Waals surface area contributed by atoms with Crippen LogP contribution in [0, 0.1) is 0 Å². The van der Waals surface area contributed by atoms with Crippen LogP contribution < -0.4 is 26.2 Å². The van der Waals surface area contributed by atoms with E-state index in [1.54, 1.807) is 21.5 Å². The van der Waals surface area contributed by atoms with Gasteiger partial charge in [-0.25, -0.2) is 0 Å². The van der Waals surface area contributed by atoms with E-state index in [9.17, 15) is 0 Å². The van der Waals surface area contributed by atoms with E-state index in [2.05, 4.69) is 199 Å². The lowest BCUT2D eigenvalue weighted by atomic mass is 9.32. The first-order valence-corrected chi connectivity index (χ1v) is 25.9. The van der Waals surface area contributed by atoms with Crippen LogP contribution in [0.3, 0.4) is 0 Å². The average Bonchev–Trinajstić information content (AvgIpc) is 3.64. The molecule has 5 aromatic rings. The van der Waals surface area contributed by atoms with Crippen LogP contribution in [0.5, 0.6) is 0 Å². The second-order valence-corrected chi connectivity index (χ2v) is 27.8. The predicted molar refractivity (Wildman–Crippen MR) is 279 cm³/mol. The molecule has 0 atom stereocenters. The van der Waals surface area contributed by atoms with Crippen molar-refractivity contribution in [1.29, 1.82) is 0 Å². The molecule has 1 aromatic heterocycles. The third-order valence-corrected chi connectivity index (χ3v) is 20.2. The van der Waals surface area contributed by atoms with E-state index in [1.807, 2.05) is 0 Å². The number of nitrogens with zero attached hydrogens (tertiary/aromatic N) is 2. The van der Waals surface area contributed by atoms with Gasteiger partial charge in [0.2, 0.25) is 0 Å². The number of fused-ring (bicyclic) bond motifs is 9. The average molecular weight is 867 g/mol. The predicted octanol–water partition coefficient (Wildman–Crippen LogP) is 15.2. The van der Waals surface area contributed by atoms with Crippen molar-refractivity contribution in [2.75, 3.05) is 9.80 Å². The second-order valence-electron chi connectivity index (χ2n) is 26.8. The number of anilines is 6. The zero-order chi connectivity index (χ0) is 45.7. The van der Waals surface area contributed by atoms with Gasteiger partial charge in [-0.2, -0.15) is 0 Å². The molecule has 4 aromatic carbocycles. The molecule has 2 nitrogen and oxygen atoms in total. The highest BCUT2D eigenvalue weighted by atomic mass is 32.1. The third kappa shape index (κ3) is 5.87.